The summed E-state index contributed by atoms with van der Waals surface area (Å²) in [5, 5.41) is 7.55. The lowest BCUT2D eigenvalue weighted by molar-refractivity contribution is -0.123. The molecular weight excluding hydrogens is 402 g/mol. The van der Waals surface area contributed by atoms with Crippen LogP contribution in [-0.4, -0.2) is 39.2 Å². The number of amides is 4. The number of anilines is 1. The summed E-state index contributed by atoms with van der Waals surface area (Å²) in [7, 11) is 4.54. The van der Waals surface area contributed by atoms with Gasteiger partial charge in [-0.3, -0.25) is 14.9 Å². The Labute approximate surface area is 179 Å². The molecule has 0 spiro atoms. The van der Waals surface area contributed by atoms with Crippen LogP contribution in [0.2, 0.25) is 0 Å². The van der Waals surface area contributed by atoms with E-state index in [1.165, 1.54) is 27.4 Å². The molecule has 0 bridgehead atoms. The van der Waals surface area contributed by atoms with Crippen molar-refractivity contribution >= 4 is 29.6 Å². The number of methoxy groups -OCH3 is 3. The molecule has 9 nitrogen and oxygen atoms in total. The highest BCUT2D eigenvalue weighted by Crippen LogP contribution is 2.38. The zero-order chi connectivity index (χ0) is 22.6. The van der Waals surface area contributed by atoms with Gasteiger partial charge in [0.25, 0.3) is 5.91 Å². The molecule has 0 radical (unpaired) electrons. The standard InChI is InChI=1S/C22H23N3O6/c1-22(20(27)24-21(28)25-22)14-6-5-7-15(12-14)23-18(26)9-8-13-10-16(29-2)19(31-4)17(11-13)30-3/h5-12H,1-4H3,(H,23,26)(H2,24,25,27,28)/b9-8+. The fourth-order valence-corrected chi connectivity index (χ4v) is 3.21. The molecule has 0 aromatic heterocycles. The zero-order valence-corrected chi connectivity index (χ0v) is 17.6. The number of carbonyl (C=O) groups is 3. The van der Waals surface area contributed by atoms with Gasteiger partial charge in [0.2, 0.25) is 11.7 Å². The van der Waals surface area contributed by atoms with Gasteiger partial charge >= 0.3 is 6.03 Å². The van der Waals surface area contributed by atoms with Gasteiger partial charge in [0.15, 0.2) is 11.5 Å². The Morgan fingerprint density at radius 1 is 1.03 bits per heavy atom. The second kappa shape index (κ2) is 8.78. The second-order valence-corrected chi connectivity index (χ2v) is 6.90. The lowest BCUT2D eigenvalue weighted by atomic mass is 9.92. The number of hydrogen-bond acceptors (Lipinski definition) is 6. The molecule has 1 atom stereocenters. The molecule has 1 aliphatic heterocycles. The van der Waals surface area contributed by atoms with E-state index in [-0.39, 0.29) is 5.91 Å². The fraction of sp³-hybridized carbons (Fsp3) is 0.227. The van der Waals surface area contributed by atoms with Crippen LogP contribution in [0.5, 0.6) is 17.2 Å². The maximum atomic E-state index is 12.4. The van der Waals surface area contributed by atoms with Crippen LogP contribution in [0.4, 0.5) is 10.5 Å². The van der Waals surface area contributed by atoms with E-state index in [1.807, 2.05) is 0 Å². The number of rotatable bonds is 7. The van der Waals surface area contributed by atoms with Crippen molar-refractivity contribution in [2.75, 3.05) is 26.6 Å². The molecule has 2 aromatic rings. The number of imide groups is 1. The zero-order valence-electron chi connectivity index (χ0n) is 17.6. The number of hydrogen-bond donors (Lipinski definition) is 3. The van der Waals surface area contributed by atoms with E-state index in [1.54, 1.807) is 49.4 Å². The van der Waals surface area contributed by atoms with Gasteiger partial charge < -0.3 is 24.8 Å². The third-order valence-corrected chi connectivity index (χ3v) is 4.87. The summed E-state index contributed by atoms with van der Waals surface area (Å²) in [6.45, 7) is 1.60. The van der Waals surface area contributed by atoms with Gasteiger partial charge in [-0.1, -0.05) is 12.1 Å². The molecule has 0 saturated carbocycles. The molecule has 1 heterocycles. The number of benzene rings is 2. The summed E-state index contributed by atoms with van der Waals surface area (Å²) >= 11 is 0. The van der Waals surface area contributed by atoms with Crippen LogP contribution >= 0.6 is 0 Å². The highest BCUT2D eigenvalue weighted by atomic mass is 16.5. The Kier molecular flexibility index (Phi) is 6.15. The van der Waals surface area contributed by atoms with Crippen molar-refractivity contribution in [2.24, 2.45) is 0 Å². The number of nitrogens with one attached hydrogen (secondary N) is 3. The molecule has 1 fully saturated rings. The Morgan fingerprint density at radius 3 is 2.26 bits per heavy atom. The van der Waals surface area contributed by atoms with Gasteiger partial charge in [-0.25, -0.2) is 4.79 Å². The number of ether oxygens (including phenoxy) is 3. The van der Waals surface area contributed by atoms with Crippen LogP contribution in [0, 0.1) is 0 Å². The number of carbonyl (C=O) groups excluding carboxylic acids is 3. The Hall–Kier alpha value is -4.01. The SMILES string of the molecule is COc1cc(/C=C/C(=O)Nc2cccc(C3(C)NC(=O)NC3=O)c2)cc(OC)c1OC. The first kappa shape index (κ1) is 21.7. The van der Waals surface area contributed by atoms with Crippen molar-refractivity contribution in [3.05, 3.63) is 53.6 Å². The summed E-state index contributed by atoms with van der Waals surface area (Å²) in [4.78, 5) is 36.0. The quantitative estimate of drug-likeness (QED) is 0.464. The van der Waals surface area contributed by atoms with Crippen LogP contribution in [0.1, 0.15) is 18.1 Å². The Bertz CT molecular complexity index is 1040. The summed E-state index contributed by atoms with van der Waals surface area (Å²) in [5.74, 6) is 0.568. The average molecular weight is 425 g/mol. The van der Waals surface area contributed by atoms with Crippen molar-refractivity contribution in [1.82, 2.24) is 10.6 Å². The molecule has 9 heteroatoms. The number of urea groups is 1. The first-order valence-electron chi connectivity index (χ1n) is 9.34. The van der Waals surface area contributed by atoms with Gasteiger partial charge in [0, 0.05) is 11.8 Å². The van der Waals surface area contributed by atoms with Crippen molar-refractivity contribution in [2.45, 2.75) is 12.5 Å². The summed E-state index contributed by atoms with van der Waals surface area (Å²) in [6.07, 6.45) is 2.97. The normalized spacial score (nSPS) is 17.8. The maximum Gasteiger partial charge on any atom is 0.322 e. The summed E-state index contributed by atoms with van der Waals surface area (Å²) < 4.78 is 15.9. The van der Waals surface area contributed by atoms with Gasteiger partial charge in [0.05, 0.1) is 21.3 Å². The summed E-state index contributed by atoms with van der Waals surface area (Å²) in [6, 6.07) is 9.59. The first-order valence-corrected chi connectivity index (χ1v) is 9.34. The predicted octanol–water partition coefficient (Wildman–Crippen LogP) is 2.42. The molecule has 4 amide bonds. The average Bonchev–Trinajstić information content (AvgIpc) is 3.03. The Morgan fingerprint density at radius 2 is 1.71 bits per heavy atom. The predicted molar refractivity (Wildman–Crippen MR) is 114 cm³/mol. The molecule has 162 valence electrons. The lowest BCUT2D eigenvalue weighted by Crippen LogP contribution is -2.40. The molecule has 3 N–H and O–H groups in total. The molecule has 1 saturated heterocycles. The van der Waals surface area contributed by atoms with Crippen molar-refractivity contribution in [1.29, 1.82) is 0 Å². The topological polar surface area (TPSA) is 115 Å². The van der Waals surface area contributed by atoms with Crippen LogP contribution in [0.15, 0.2) is 42.5 Å². The first-order chi connectivity index (χ1) is 14.8. The van der Waals surface area contributed by atoms with Crippen LogP contribution in [0.3, 0.4) is 0 Å². The van der Waals surface area contributed by atoms with E-state index in [2.05, 4.69) is 16.0 Å². The van der Waals surface area contributed by atoms with Gasteiger partial charge in [-0.15, -0.1) is 0 Å². The minimum absolute atomic E-state index is 0.379. The van der Waals surface area contributed by atoms with Crippen molar-refractivity contribution < 1.29 is 28.6 Å². The molecule has 31 heavy (non-hydrogen) atoms. The van der Waals surface area contributed by atoms with E-state index in [4.69, 9.17) is 14.2 Å². The highest BCUT2D eigenvalue weighted by molar-refractivity contribution is 6.07. The van der Waals surface area contributed by atoms with Crippen LogP contribution < -0.4 is 30.2 Å². The van der Waals surface area contributed by atoms with Crippen LogP contribution in [-0.2, 0) is 15.1 Å². The molecule has 1 aliphatic rings. The monoisotopic (exact) mass is 425 g/mol. The van der Waals surface area contributed by atoms with E-state index in [0.717, 1.165) is 0 Å². The summed E-state index contributed by atoms with van der Waals surface area (Å²) in [5.41, 5.74) is 0.495. The molecule has 3 rings (SSSR count). The van der Waals surface area contributed by atoms with Crippen molar-refractivity contribution in [3.8, 4) is 17.2 Å². The van der Waals surface area contributed by atoms with Gasteiger partial charge in [0.1, 0.15) is 5.54 Å². The molecular formula is C22H23N3O6. The largest absolute Gasteiger partial charge is 0.493 e. The second-order valence-electron chi connectivity index (χ2n) is 6.90. The van der Waals surface area contributed by atoms with Crippen LogP contribution in [0.25, 0.3) is 6.08 Å². The minimum Gasteiger partial charge on any atom is -0.493 e. The fourth-order valence-electron chi connectivity index (χ4n) is 3.21. The maximum absolute atomic E-state index is 12.4. The van der Waals surface area contributed by atoms with Gasteiger partial charge in [-0.05, 0) is 48.4 Å². The third-order valence-electron chi connectivity index (χ3n) is 4.87. The molecule has 1 unspecified atom stereocenters. The molecule has 0 aliphatic carbocycles. The van der Waals surface area contributed by atoms with Crippen molar-refractivity contribution in [3.63, 3.8) is 0 Å². The minimum atomic E-state index is -1.20. The smallest absolute Gasteiger partial charge is 0.322 e. The van der Waals surface area contributed by atoms with E-state index >= 15 is 0 Å². The third kappa shape index (κ3) is 4.45. The van der Waals surface area contributed by atoms with Gasteiger partial charge in [-0.2, -0.15) is 0 Å². The Balaban J connectivity index is 1.77. The van der Waals surface area contributed by atoms with E-state index in [0.29, 0.717) is 34.1 Å². The lowest BCUT2D eigenvalue weighted by Gasteiger charge is -2.21. The highest BCUT2D eigenvalue weighted by Gasteiger charge is 2.43. The van der Waals surface area contributed by atoms with E-state index in [9.17, 15) is 14.4 Å². The molecule has 2 aromatic carbocycles. The van der Waals surface area contributed by atoms with E-state index < -0.39 is 17.5 Å².